The summed E-state index contributed by atoms with van der Waals surface area (Å²) in [5.41, 5.74) is 2.19. The highest BCUT2D eigenvalue weighted by atomic mass is 32.1. The van der Waals surface area contributed by atoms with Crippen LogP contribution in [0.3, 0.4) is 0 Å². The Balaban J connectivity index is 1.29. The van der Waals surface area contributed by atoms with Gasteiger partial charge in [0.2, 0.25) is 5.89 Å². The Morgan fingerprint density at radius 2 is 1.93 bits per heavy atom. The molecular weight excluding hydrogens is 354 g/mol. The summed E-state index contributed by atoms with van der Waals surface area (Å²) in [4.78, 5) is 11.8. The van der Waals surface area contributed by atoms with Crippen LogP contribution in [0.5, 0.6) is 0 Å². The number of rotatable bonds is 4. The predicted molar refractivity (Wildman–Crippen MR) is 109 cm³/mol. The maximum absolute atomic E-state index is 6.00. The molecule has 1 saturated heterocycles. The second-order valence-electron chi connectivity index (χ2n) is 7.08. The third kappa shape index (κ3) is 3.53. The molecule has 0 unspecified atom stereocenters. The van der Waals surface area contributed by atoms with Crippen molar-refractivity contribution < 1.29 is 4.42 Å². The molecule has 27 heavy (non-hydrogen) atoms. The van der Waals surface area contributed by atoms with Gasteiger partial charge in [-0.25, -0.2) is 9.97 Å². The lowest BCUT2D eigenvalue weighted by atomic mass is 9.99. The van der Waals surface area contributed by atoms with Crippen molar-refractivity contribution in [3.63, 3.8) is 0 Å². The minimum absolute atomic E-state index is 0.500. The topological polar surface area (TPSA) is 42.2 Å². The van der Waals surface area contributed by atoms with E-state index in [9.17, 15) is 0 Å². The van der Waals surface area contributed by atoms with Gasteiger partial charge >= 0.3 is 0 Å². The molecule has 0 bridgehead atoms. The lowest BCUT2D eigenvalue weighted by Crippen LogP contribution is -2.33. The summed E-state index contributed by atoms with van der Waals surface area (Å²) in [6.07, 6.45) is 4.23. The monoisotopic (exact) mass is 375 g/mol. The molecule has 4 aromatic rings. The first-order chi connectivity index (χ1) is 13.3. The van der Waals surface area contributed by atoms with E-state index in [1.165, 1.54) is 22.5 Å². The van der Waals surface area contributed by atoms with E-state index in [1.807, 2.05) is 47.9 Å². The van der Waals surface area contributed by atoms with Gasteiger partial charge in [-0.2, -0.15) is 0 Å². The van der Waals surface area contributed by atoms with Gasteiger partial charge in [-0.3, -0.25) is 4.90 Å². The number of benzene rings is 2. The van der Waals surface area contributed by atoms with Gasteiger partial charge in [0.15, 0.2) is 5.76 Å². The van der Waals surface area contributed by atoms with E-state index in [1.54, 1.807) is 0 Å². The minimum Gasteiger partial charge on any atom is -0.439 e. The van der Waals surface area contributed by atoms with Crippen LogP contribution in [0, 0.1) is 0 Å². The molecule has 2 aromatic heterocycles. The fourth-order valence-electron chi connectivity index (χ4n) is 3.78. The zero-order chi connectivity index (χ0) is 18.1. The van der Waals surface area contributed by atoms with Crippen LogP contribution in [0.25, 0.3) is 21.5 Å². The number of para-hydroxylation sites is 1. The van der Waals surface area contributed by atoms with Crippen molar-refractivity contribution >= 4 is 21.6 Å². The quantitative estimate of drug-likeness (QED) is 0.483. The number of aromatic nitrogens is 2. The van der Waals surface area contributed by atoms with E-state index >= 15 is 0 Å². The number of hydrogen-bond acceptors (Lipinski definition) is 5. The zero-order valence-corrected chi connectivity index (χ0v) is 15.9. The van der Waals surface area contributed by atoms with Crippen LogP contribution in [0.15, 0.2) is 65.2 Å². The van der Waals surface area contributed by atoms with Gasteiger partial charge in [0.25, 0.3) is 0 Å². The van der Waals surface area contributed by atoms with Crippen LogP contribution in [0.1, 0.15) is 29.7 Å². The average Bonchev–Trinajstić information content (AvgIpc) is 3.36. The number of likely N-dealkylation sites (tertiary alicyclic amines) is 1. The number of oxazole rings is 1. The molecule has 2 aromatic carbocycles. The smallest absolute Gasteiger partial charge is 0.209 e. The summed E-state index contributed by atoms with van der Waals surface area (Å²) >= 11 is 1.84. The van der Waals surface area contributed by atoms with E-state index in [2.05, 4.69) is 34.1 Å². The number of nitrogens with zero attached hydrogens (tertiary/aromatic N) is 3. The summed E-state index contributed by atoms with van der Waals surface area (Å²) in [5.74, 6) is 2.13. The molecule has 5 heteroatoms. The molecule has 1 fully saturated rings. The Labute approximate surface area is 162 Å². The molecule has 3 heterocycles. The summed E-state index contributed by atoms with van der Waals surface area (Å²) in [6, 6.07) is 18.6. The van der Waals surface area contributed by atoms with Crippen molar-refractivity contribution in [2.24, 2.45) is 0 Å². The van der Waals surface area contributed by atoms with Gasteiger partial charge in [-0.15, -0.1) is 11.3 Å². The van der Waals surface area contributed by atoms with E-state index in [-0.39, 0.29) is 0 Å². The van der Waals surface area contributed by atoms with Crippen LogP contribution in [0.4, 0.5) is 0 Å². The third-order valence-electron chi connectivity index (χ3n) is 5.14. The van der Waals surface area contributed by atoms with Crippen molar-refractivity contribution in [2.45, 2.75) is 25.3 Å². The van der Waals surface area contributed by atoms with Gasteiger partial charge in [0.05, 0.1) is 28.0 Å². The third-order valence-corrected chi connectivity index (χ3v) is 6.33. The second kappa shape index (κ2) is 7.25. The van der Waals surface area contributed by atoms with Crippen molar-refractivity contribution in [3.05, 3.63) is 71.7 Å². The Morgan fingerprint density at radius 3 is 2.81 bits per heavy atom. The van der Waals surface area contributed by atoms with Gasteiger partial charge in [0, 0.05) is 18.0 Å². The Hall–Kier alpha value is -2.50. The lowest BCUT2D eigenvalue weighted by molar-refractivity contribution is 0.184. The molecule has 1 aliphatic rings. The maximum Gasteiger partial charge on any atom is 0.209 e. The number of piperidine rings is 1. The molecule has 0 radical (unpaired) electrons. The van der Waals surface area contributed by atoms with Gasteiger partial charge in [0.1, 0.15) is 0 Å². The average molecular weight is 375 g/mol. The molecule has 0 N–H and O–H groups in total. The van der Waals surface area contributed by atoms with Crippen molar-refractivity contribution in [3.8, 4) is 11.3 Å². The minimum atomic E-state index is 0.500. The molecule has 0 saturated carbocycles. The second-order valence-corrected chi connectivity index (χ2v) is 8.14. The molecule has 4 nitrogen and oxygen atoms in total. The van der Waals surface area contributed by atoms with Crippen LogP contribution >= 0.6 is 11.3 Å². The van der Waals surface area contributed by atoms with E-state index in [0.717, 1.165) is 42.4 Å². The van der Waals surface area contributed by atoms with Crippen LogP contribution < -0.4 is 0 Å². The molecule has 5 rings (SSSR count). The first-order valence-electron chi connectivity index (χ1n) is 9.43. The SMILES string of the molecule is c1ccc(-c2cnc(CN3CCC[C@H](c4nc5ccccc5s4)C3)o2)cc1. The molecule has 1 atom stereocenters. The van der Waals surface area contributed by atoms with E-state index < -0.39 is 0 Å². The zero-order valence-electron chi connectivity index (χ0n) is 15.0. The first-order valence-corrected chi connectivity index (χ1v) is 10.2. The maximum atomic E-state index is 6.00. The highest BCUT2D eigenvalue weighted by molar-refractivity contribution is 7.18. The Morgan fingerprint density at radius 1 is 1.07 bits per heavy atom. The van der Waals surface area contributed by atoms with E-state index in [0.29, 0.717) is 5.92 Å². The van der Waals surface area contributed by atoms with Crippen molar-refractivity contribution in [1.29, 1.82) is 0 Å². The number of hydrogen-bond donors (Lipinski definition) is 0. The molecule has 0 amide bonds. The van der Waals surface area contributed by atoms with Gasteiger partial charge in [-0.1, -0.05) is 42.5 Å². The summed E-state index contributed by atoms with van der Waals surface area (Å²) in [5, 5.41) is 1.26. The first kappa shape index (κ1) is 16.7. The van der Waals surface area contributed by atoms with E-state index in [4.69, 9.17) is 9.40 Å². The Kier molecular flexibility index (Phi) is 4.47. The fourth-order valence-corrected chi connectivity index (χ4v) is 4.87. The lowest BCUT2D eigenvalue weighted by Gasteiger charge is -2.30. The largest absolute Gasteiger partial charge is 0.439 e. The van der Waals surface area contributed by atoms with Crippen LogP contribution in [-0.4, -0.2) is 28.0 Å². The highest BCUT2D eigenvalue weighted by Gasteiger charge is 2.25. The van der Waals surface area contributed by atoms with Crippen molar-refractivity contribution in [1.82, 2.24) is 14.9 Å². The standard InChI is InChI=1S/C22H21N3OS/c1-2-7-16(8-3-1)19-13-23-21(26-19)15-25-12-6-9-17(14-25)22-24-18-10-4-5-11-20(18)27-22/h1-5,7-8,10-11,13,17H,6,9,12,14-15H2/t17-/m0/s1. The molecular formula is C22H21N3OS. The summed E-state index contributed by atoms with van der Waals surface area (Å²) in [7, 11) is 0. The highest BCUT2D eigenvalue weighted by Crippen LogP contribution is 2.33. The molecule has 0 aliphatic carbocycles. The molecule has 136 valence electrons. The fraction of sp³-hybridized carbons (Fsp3) is 0.273. The van der Waals surface area contributed by atoms with Crippen LogP contribution in [-0.2, 0) is 6.54 Å². The van der Waals surface area contributed by atoms with Crippen molar-refractivity contribution in [2.75, 3.05) is 13.1 Å². The molecule has 0 spiro atoms. The van der Waals surface area contributed by atoms with Crippen LogP contribution in [0.2, 0.25) is 0 Å². The summed E-state index contributed by atoms with van der Waals surface area (Å²) in [6.45, 7) is 2.86. The summed E-state index contributed by atoms with van der Waals surface area (Å²) < 4.78 is 7.28. The van der Waals surface area contributed by atoms with Gasteiger partial charge in [-0.05, 0) is 31.5 Å². The molecule has 1 aliphatic heterocycles. The predicted octanol–water partition coefficient (Wildman–Crippen LogP) is 5.33. The number of thiazole rings is 1. The Bertz CT molecular complexity index is 1010. The van der Waals surface area contributed by atoms with Gasteiger partial charge < -0.3 is 4.42 Å². The normalized spacial score (nSPS) is 18.1. The number of fused-ring (bicyclic) bond motifs is 1.